The molecule has 0 saturated heterocycles. The Morgan fingerprint density at radius 3 is 2.52 bits per heavy atom. The van der Waals surface area contributed by atoms with E-state index in [-0.39, 0.29) is 12.2 Å². The van der Waals surface area contributed by atoms with Crippen LogP contribution >= 0.6 is 0 Å². The Labute approximate surface area is 119 Å². The van der Waals surface area contributed by atoms with Crippen molar-refractivity contribution in [3.05, 3.63) is 35.9 Å². The zero-order chi connectivity index (χ0) is 15.6. The van der Waals surface area contributed by atoms with E-state index in [1.807, 2.05) is 6.92 Å². The summed E-state index contributed by atoms with van der Waals surface area (Å²) in [4.78, 5) is -1.07. The molecule has 21 heavy (non-hydrogen) atoms. The van der Waals surface area contributed by atoms with E-state index < -0.39 is 26.6 Å². The van der Waals surface area contributed by atoms with Crippen LogP contribution in [0.1, 0.15) is 12.7 Å². The fourth-order valence-corrected chi connectivity index (χ4v) is 2.84. The molecule has 0 unspecified atom stereocenters. The number of halogens is 2. The van der Waals surface area contributed by atoms with Crippen LogP contribution in [0.15, 0.2) is 23.4 Å². The summed E-state index contributed by atoms with van der Waals surface area (Å²) < 4.78 is 54.9. The van der Waals surface area contributed by atoms with E-state index in [1.165, 1.54) is 6.33 Å². The zero-order valence-electron chi connectivity index (χ0n) is 11.0. The highest BCUT2D eigenvalue weighted by Gasteiger charge is 2.25. The van der Waals surface area contributed by atoms with Gasteiger partial charge in [0.1, 0.15) is 23.8 Å². The second-order valence-electron chi connectivity index (χ2n) is 4.17. The lowest BCUT2D eigenvalue weighted by Gasteiger charge is -2.09. The smallest absolute Gasteiger partial charge is 0.246 e. The molecule has 0 aliphatic rings. The molecule has 0 radical (unpaired) electrons. The number of hydrogen-bond donors (Lipinski definition) is 2. The Balaban J connectivity index is 2.27. The molecule has 114 valence electrons. The van der Waals surface area contributed by atoms with Gasteiger partial charge in [0.15, 0.2) is 4.90 Å². The topological polar surface area (TPSA) is 103 Å². The minimum absolute atomic E-state index is 0.199. The van der Waals surface area contributed by atoms with Crippen LogP contribution < -0.4 is 10.5 Å². The Bertz CT molecular complexity index is 737. The van der Waals surface area contributed by atoms with E-state index >= 15 is 0 Å². The highest BCUT2D eigenvalue weighted by molar-refractivity contribution is 7.89. The summed E-state index contributed by atoms with van der Waals surface area (Å²) >= 11 is 0. The average Bonchev–Trinajstić information content (AvgIpc) is 2.82. The summed E-state index contributed by atoms with van der Waals surface area (Å²) in [5.74, 6) is -2.17. The SMILES string of the molecule is CCn1cnnc1CNS(=O)(=O)c1c(F)cc(N)cc1F. The van der Waals surface area contributed by atoms with E-state index in [0.717, 1.165) is 12.1 Å². The summed E-state index contributed by atoms with van der Waals surface area (Å²) in [6.07, 6.45) is 1.42. The van der Waals surface area contributed by atoms with Crippen LogP contribution in [0.5, 0.6) is 0 Å². The number of nitrogens with zero attached hydrogens (tertiary/aromatic N) is 3. The molecule has 0 bridgehead atoms. The molecule has 10 heteroatoms. The Hall–Kier alpha value is -2.07. The summed E-state index contributed by atoms with van der Waals surface area (Å²) in [6.45, 7) is 2.12. The van der Waals surface area contributed by atoms with Crippen molar-refractivity contribution < 1.29 is 17.2 Å². The number of nitrogens with two attached hydrogens (primary N) is 1. The van der Waals surface area contributed by atoms with Gasteiger partial charge in [-0.25, -0.2) is 21.9 Å². The molecule has 1 aromatic heterocycles. The number of hydrogen-bond acceptors (Lipinski definition) is 5. The van der Waals surface area contributed by atoms with Crippen molar-refractivity contribution in [2.75, 3.05) is 5.73 Å². The fourth-order valence-electron chi connectivity index (χ4n) is 1.75. The van der Waals surface area contributed by atoms with Crippen molar-refractivity contribution in [3.63, 3.8) is 0 Å². The standard InChI is InChI=1S/C11H13F2N5O2S/c1-2-18-6-15-17-10(18)5-16-21(19,20)11-8(12)3-7(14)4-9(11)13/h3-4,6,16H,2,5,14H2,1H3. The van der Waals surface area contributed by atoms with Crippen molar-refractivity contribution in [1.82, 2.24) is 19.5 Å². The molecule has 0 amide bonds. The first-order valence-corrected chi connectivity index (χ1v) is 7.44. The molecular weight excluding hydrogens is 304 g/mol. The molecule has 1 aromatic carbocycles. The van der Waals surface area contributed by atoms with Crippen LogP contribution in [-0.2, 0) is 23.1 Å². The van der Waals surface area contributed by atoms with Gasteiger partial charge in [-0.15, -0.1) is 10.2 Å². The number of nitrogen functional groups attached to an aromatic ring is 1. The van der Waals surface area contributed by atoms with E-state index in [1.54, 1.807) is 4.57 Å². The largest absolute Gasteiger partial charge is 0.399 e. The minimum atomic E-state index is -4.38. The molecule has 2 aromatic rings. The van der Waals surface area contributed by atoms with Crippen molar-refractivity contribution >= 4 is 15.7 Å². The van der Waals surface area contributed by atoms with Gasteiger partial charge in [0, 0.05) is 12.2 Å². The Morgan fingerprint density at radius 2 is 1.95 bits per heavy atom. The first-order chi connectivity index (χ1) is 9.85. The summed E-state index contributed by atoms with van der Waals surface area (Å²) in [7, 11) is -4.38. The number of anilines is 1. The molecular formula is C11H13F2N5O2S. The highest BCUT2D eigenvalue weighted by Crippen LogP contribution is 2.21. The van der Waals surface area contributed by atoms with Gasteiger partial charge in [0.25, 0.3) is 0 Å². The Morgan fingerprint density at radius 1 is 1.33 bits per heavy atom. The van der Waals surface area contributed by atoms with Crippen molar-refractivity contribution in [1.29, 1.82) is 0 Å². The molecule has 2 rings (SSSR count). The second-order valence-corrected chi connectivity index (χ2v) is 5.88. The van der Waals surface area contributed by atoms with Gasteiger partial charge in [-0.3, -0.25) is 0 Å². The maximum Gasteiger partial charge on any atom is 0.246 e. The molecule has 7 nitrogen and oxygen atoms in total. The molecule has 1 heterocycles. The number of rotatable bonds is 5. The number of sulfonamides is 1. The minimum Gasteiger partial charge on any atom is -0.399 e. The van der Waals surface area contributed by atoms with Crippen LogP contribution in [0.25, 0.3) is 0 Å². The molecule has 0 aliphatic heterocycles. The van der Waals surface area contributed by atoms with Crippen LogP contribution in [0.4, 0.5) is 14.5 Å². The molecule has 0 saturated carbocycles. The number of aryl methyl sites for hydroxylation is 1. The van der Waals surface area contributed by atoms with E-state index in [0.29, 0.717) is 12.4 Å². The monoisotopic (exact) mass is 317 g/mol. The highest BCUT2D eigenvalue weighted by atomic mass is 32.2. The average molecular weight is 317 g/mol. The van der Waals surface area contributed by atoms with Gasteiger partial charge < -0.3 is 10.3 Å². The molecule has 0 atom stereocenters. The van der Waals surface area contributed by atoms with Crippen molar-refractivity contribution in [2.24, 2.45) is 0 Å². The normalized spacial score (nSPS) is 11.8. The summed E-state index contributed by atoms with van der Waals surface area (Å²) in [5, 5.41) is 7.35. The maximum absolute atomic E-state index is 13.6. The van der Waals surface area contributed by atoms with Crippen LogP contribution in [0, 0.1) is 11.6 Å². The molecule has 0 fully saturated rings. The third-order valence-electron chi connectivity index (χ3n) is 2.75. The van der Waals surface area contributed by atoms with Crippen molar-refractivity contribution in [2.45, 2.75) is 24.9 Å². The predicted molar refractivity (Wildman–Crippen MR) is 70.5 cm³/mol. The fraction of sp³-hybridized carbons (Fsp3) is 0.273. The lowest BCUT2D eigenvalue weighted by Crippen LogP contribution is -2.27. The van der Waals surface area contributed by atoms with Gasteiger partial charge in [0.2, 0.25) is 10.0 Å². The summed E-state index contributed by atoms with van der Waals surface area (Å²) in [5.41, 5.74) is 5.04. The Kier molecular flexibility index (Phi) is 4.19. The zero-order valence-corrected chi connectivity index (χ0v) is 11.9. The number of benzene rings is 1. The first kappa shape index (κ1) is 15.3. The number of aromatic nitrogens is 3. The predicted octanol–water partition coefficient (Wildman–Crippen LogP) is 0.637. The lowest BCUT2D eigenvalue weighted by atomic mass is 10.3. The number of nitrogens with one attached hydrogen (secondary N) is 1. The van der Waals surface area contributed by atoms with Crippen molar-refractivity contribution in [3.8, 4) is 0 Å². The van der Waals surface area contributed by atoms with Gasteiger partial charge in [0.05, 0.1) is 6.54 Å². The lowest BCUT2D eigenvalue weighted by molar-refractivity contribution is 0.513. The molecule has 0 spiro atoms. The molecule has 0 aliphatic carbocycles. The van der Waals surface area contributed by atoms with Gasteiger partial charge in [-0.05, 0) is 19.1 Å². The first-order valence-electron chi connectivity index (χ1n) is 5.96. The maximum atomic E-state index is 13.6. The van der Waals surface area contributed by atoms with Gasteiger partial charge >= 0.3 is 0 Å². The van der Waals surface area contributed by atoms with E-state index in [9.17, 15) is 17.2 Å². The second kappa shape index (κ2) is 5.74. The van der Waals surface area contributed by atoms with E-state index in [4.69, 9.17) is 5.73 Å². The van der Waals surface area contributed by atoms with Crippen LogP contribution in [-0.4, -0.2) is 23.2 Å². The summed E-state index contributed by atoms with van der Waals surface area (Å²) in [6, 6.07) is 1.48. The van der Waals surface area contributed by atoms with E-state index in [2.05, 4.69) is 14.9 Å². The quantitative estimate of drug-likeness (QED) is 0.788. The third-order valence-corrected chi connectivity index (χ3v) is 4.20. The van der Waals surface area contributed by atoms with Crippen LogP contribution in [0.3, 0.4) is 0 Å². The van der Waals surface area contributed by atoms with Gasteiger partial charge in [-0.1, -0.05) is 0 Å². The molecule has 3 N–H and O–H groups in total. The van der Waals surface area contributed by atoms with Crippen LogP contribution in [0.2, 0.25) is 0 Å². The third kappa shape index (κ3) is 3.16. The van der Waals surface area contributed by atoms with Gasteiger partial charge in [-0.2, -0.15) is 0 Å².